The van der Waals surface area contributed by atoms with Gasteiger partial charge in [-0.2, -0.15) is 4.31 Å². The van der Waals surface area contributed by atoms with E-state index >= 15 is 0 Å². The first-order valence-electron chi connectivity index (χ1n) is 10.8. The third kappa shape index (κ3) is 4.65. The average Bonchev–Trinajstić information content (AvgIpc) is 3.29. The van der Waals surface area contributed by atoms with Gasteiger partial charge in [-0.15, -0.1) is 0 Å². The fourth-order valence-electron chi connectivity index (χ4n) is 3.90. The number of aromatic amines is 1. The Morgan fingerprint density at radius 1 is 1.00 bits per heavy atom. The van der Waals surface area contributed by atoms with E-state index < -0.39 is 15.9 Å². The highest BCUT2D eigenvalue weighted by molar-refractivity contribution is 7.89. The fourth-order valence-corrected chi connectivity index (χ4v) is 6.14. The van der Waals surface area contributed by atoms with E-state index in [1.807, 2.05) is 36.4 Å². The predicted molar refractivity (Wildman–Crippen MR) is 136 cm³/mol. The summed E-state index contributed by atoms with van der Waals surface area (Å²) in [4.78, 5) is 20.9. The molecule has 8 nitrogen and oxygen atoms in total. The molecule has 2 heterocycles. The zero-order valence-corrected chi connectivity index (χ0v) is 20.6. The number of para-hydroxylation sites is 3. The van der Waals surface area contributed by atoms with Gasteiger partial charge in [-0.05, 0) is 36.4 Å². The number of fused-ring (bicyclic) bond motifs is 1. The Morgan fingerprint density at radius 3 is 2.49 bits per heavy atom. The first-order chi connectivity index (χ1) is 16.8. The first-order valence-corrected chi connectivity index (χ1v) is 13.0. The van der Waals surface area contributed by atoms with E-state index in [2.05, 4.69) is 15.3 Å². The molecule has 1 fully saturated rings. The Morgan fingerprint density at radius 2 is 1.71 bits per heavy atom. The Labute approximate surface area is 211 Å². The van der Waals surface area contributed by atoms with Crippen LogP contribution in [0.3, 0.4) is 0 Å². The molecular weight excluding hydrogens is 511 g/mol. The summed E-state index contributed by atoms with van der Waals surface area (Å²) >= 11 is 12.6. The van der Waals surface area contributed by atoms with Crippen molar-refractivity contribution in [3.63, 3.8) is 0 Å². The van der Waals surface area contributed by atoms with Gasteiger partial charge in [-0.25, -0.2) is 13.4 Å². The number of nitrogens with one attached hydrogen (secondary N) is 2. The molecule has 0 atom stereocenters. The number of sulfonamides is 1. The normalized spacial score (nSPS) is 14.8. The number of hydrogen-bond donors (Lipinski definition) is 2. The molecule has 0 radical (unpaired) electrons. The average molecular weight is 531 g/mol. The van der Waals surface area contributed by atoms with Crippen LogP contribution >= 0.6 is 23.2 Å². The molecule has 4 aromatic rings. The summed E-state index contributed by atoms with van der Waals surface area (Å²) in [5, 5.41) is 2.82. The van der Waals surface area contributed by atoms with Crippen molar-refractivity contribution in [1.82, 2.24) is 14.3 Å². The second-order valence-corrected chi connectivity index (χ2v) is 10.6. The highest BCUT2D eigenvalue weighted by Crippen LogP contribution is 2.33. The van der Waals surface area contributed by atoms with Crippen molar-refractivity contribution in [1.29, 1.82) is 0 Å². The van der Waals surface area contributed by atoms with Crippen molar-refractivity contribution in [2.24, 2.45) is 0 Å². The van der Waals surface area contributed by atoms with Gasteiger partial charge in [0.2, 0.25) is 10.0 Å². The molecule has 1 aliphatic rings. The van der Waals surface area contributed by atoms with Gasteiger partial charge in [-0.1, -0.05) is 47.5 Å². The number of H-pyrrole nitrogens is 1. The van der Waals surface area contributed by atoms with Crippen molar-refractivity contribution in [2.75, 3.05) is 31.6 Å². The van der Waals surface area contributed by atoms with Crippen LogP contribution in [0.1, 0.15) is 10.4 Å². The van der Waals surface area contributed by atoms with Crippen LogP contribution in [0.2, 0.25) is 10.0 Å². The Bertz CT molecular complexity index is 1500. The van der Waals surface area contributed by atoms with Crippen LogP contribution < -0.4 is 5.32 Å². The quantitative estimate of drug-likeness (QED) is 0.385. The number of imidazole rings is 1. The maximum absolute atomic E-state index is 13.3. The lowest BCUT2D eigenvalue weighted by Gasteiger charge is -2.26. The molecule has 2 N–H and O–H groups in total. The standard InChI is InChI=1S/C24H20Cl2N4O4S/c25-17-14-18(26)22(35(32,33)30-9-11-34-12-10-30)13-16(17)24(31)29-19-6-2-1-5-15(19)23-27-20-7-3-4-8-21(20)28-23/h1-8,13-14H,9-12H2,(H,27,28)(H,29,31). The van der Waals surface area contributed by atoms with Crippen molar-refractivity contribution >= 4 is 55.9 Å². The number of carbonyl (C=O) groups excluding carboxylic acids is 1. The number of benzene rings is 3. The summed E-state index contributed by atoms with van der Waals surface area (Å²) in [5.74, 6) is 0.00791. The molecule has 0 saturated carbocycles. The van der Waals surface area contributed by atoms with Gasteiger partial charge in [0.25, 0.3) is 5.91 Å². The van der Waals surface area contributed by atoms with Crippen LogP contribution in [-0.4, -0.2) is 54.9 Å². The maximum atomic E-state index is 13.3. The molecule has 1 aliphatic heterocycles. The molecule has 0 bridgehead atoms. The minimum Gasteiger partial charge on any atom is -0.379 e. The molecule has 35 heavy (non-hydrogen) atoms. The molecule has 0 spiro atoms. The zero-order chi connectivity index (χ0) is 24.6. The van der Waals surface area contributed by atoms with Crippen molar-refractivity contribution in [3.8, 4) is 11.4 Å². The van der Waals surface area contributed by atoms with Crippen molar-refractivity contribution in [3.05, 3.63) is 76.3 Å². The van der Waals surface area contributed by atoms with E-state index in [4.69, 9.17) is 27.9 Å². The highest BCUT2D eigenvalue weighted by atomic mass is 35.5. The van der Waals surface area contributed by atoms with Crippen molar-refractivity contribution in [2.45, 2.75) is 4.90 Å². The lowest BCUT2D eigenvalue weighted by molar-refractivity contribution is 0.0730. The molecule has 0 unspecified atom stereocenters. The van der Waals surface area contributed by atoms with Crippen LogP contribution in [0.25, 0.3) is 22.4 Å². The minimum atomic E-state index is -3.94. The molecule has 0 aliphatic carbocycles. The third-order valence-electron chi connectivity index (χ3n) is 5.67. The molecule has 11 heteroatoms. The Hall–Kier alpha value is -2.95. The Balaban J connectivity index is 1.49. The fraction of sp³-hybridized carbons (Fsp3) is 0.167. The van der Waals surface area contributed by atoms with Gasteiger partial charge in [0.15, 0.2) is 0 Å². The number of rotatable bonds is 5. The summed E-state index contributed by atoms with van der Waals surface area (Å²) in [5.41, 5.74) is 2.80. The van der Waals surface area contributed by atoms with Crippen molar-refractivity contribution < 1.29 is 17.9 Å². The van der Waals surface area contributed by atoms with E-state index in [9.17, 15) is 13.2 Å². The molecule has 1 saturated heterocycles. The second-order valence-electron chi connectivity index (χ2n) is 7.88. The molecule has 1 amide bonds. The number of nitrogens with zero attached hydrogens (tertiary/aromatic N) is 2. The summed E-state index contributed by atoms with van der Waals surface area (Å²) in [6.07, 6.45) is 0. The van der Waals surface area contributed by atoms with Gasteiger partial charge in [0.1, 0.15) is 10.7 Å². The van der Waals surface area contributed by atoms with E-state index in [0.717, 1.165) is 11.0 Å². The number of aromatic nitrogens is 2. The molecule has 5 rings (SSSR count). The lowest BCUT2D eigenvalue weighted by atomic mass is 10.1. The number of amides is 1. The third-order valence-corrected chi connectivity index (χ3v) is 8.35. The van der Waals surface area contributed by atoms with Gasteiger partial charge in [0.05, 0.1) is 45.5 Å². The number of ether oxygens (including phenoxy) is 1. The van der Waals surface area contributed by atoms with Gasteiger partial charge >= 0.3 is 0 Å². The first kappa shape index (κ1) is 23.8. The summed E-state index contributed by atoms with van der Waals surface area (Å²) < 4.78 is 32.9. The largest absolute Gasteiger partial charge is 0.379 e. The molecule has 1 aromatic heterocycles. The van der Waals surface area contributed by atoms with E-state index in [-0.39, 0.29) is 46.8 Å². The van der Waals surface area contributed by atoms with Gasteiger partial charge < -0.3 is 15.0 Å². The molecule has 3 aromatic carbocycles. The number of halogens is 2. The highest BCUT2D eigenvalue weighted by Gasteiger charge is 2.30. The van der Waals surface area contributed by atoms with Gasteiger partial charge in [-0.3, -0.25) is 4.79 Å². The predicted octanol–water partition coefficient (Wildman–Crippen LogP) is 4.81. The SMILES string of the molecule is O=C(Nc1ccccc1-c1nc2ccccc2[nH]1)c1cc(S(=O)(=O)N2CCOCC2)c(Cl)cc1Cl. The minimum absolute atomic E-state index is 0.0117. The van der Waals surface area contributed by atoms with E-state index in [1.54, 1.807) is 12.1 Å². The van der Waals surface area contributed by atoms with Crippen LogP contribution in [-0.2, 0) is 14.8 Å². The molecular formula is C24H20Cl2N4O4S. The summed E-state index contributed by atoms with van der Waals surface area (Å²) in [6, 6.07) is 17.3. The monoisotopic (exact) mass is 530 g/mol. The zero-order valence-electron chi connectivity index (χ0n) is 18.3. The summed E-state index contributed by atoms with van der Waals surface area (Å²) in [6.45, 7) is 0.980. The summed E-state index contributed by atoms with van der Waals surface area (Å²) in [7, 11) is -3.94. The Kier molecular flexibility index (Phi) is 6.52. The van der Waals surface area contributed by atoms with E-state index in [0.29, 0.717) is 17.1 Å². The number of hydrogen-bond acceptors (Lipinski definition) is 5. The van der Waals surface area contributed by atoms with Crippen LogP contribution in [0.15, 0.2) is 65.6 Å². The lowest BCUT2D eigenvalue weighted by Crippen LogP contribution is -2.40. The topological polar surface area (TPSA) is 104 Å². The number of morpholine rings is 1. The van der Waals surface area contributed by atoms with E-state index in [1.165, 1.54) is 16.4 Å². The molecule has 180 valence electrons. The van der Waals surface area contributed by atoms with Crippen LogP contribution in [0, 0.1) is 0 Å². The van der Waals surface area contributed by atoms with Crippen LogP contribution in [0.5, 0.6) is 0 Å². The number of carbonyl (C=O) groups is 1. The van der Waals surface area contributed by atoms with Crippen LogP contribution in [0.4, 0.5) is 5.69 Å². The number of anilines is 1. The smallest absolute Gasteiger partial charge is 0.257 e. The van der Waals surface area contributed by atoms with Gasteiger partial charge in [0, 0.05) is 18.7 Å². The maximum Gasteiger partial charge on any atom is 0.257 e. The second kappa shape index (κ2) is 9.60.